The molecule has 3 rings (SSSR count). The predicted molar refractivity (Wildman–Crippen MR) is 89.7 cm³/mol. The summed E-state index contributed by atoms with van der Waals surface area (Å²) in [6, 6.07) is 3.79. The molecule has 6 nitrogen and oxygen atoms in total. The van der Waals surface area contributed by atoms with E-state index in [-0.39, 0.29) is 12.3 Å². The molecular formula is C17H20N2O4S. The Balaban J connectivity index is 1.65. The van der Waals surface area contributed by atoms with Crippen LogP contribution in [0, 0.1) is 5.92 Å². The van der Waals surface area contributed by atoms with E-state index in [0.29, 0.717) is 30.3 Å². The van der Waals surface area contributed by atoms with Crippen molar-refractivity contribution < 1.29 is 19.1 Å². The van der Waals surface area contributed by atoms with Gasteiger partial charge in [0.1, 0.15) is 11.8 Å². The van der Waals surface area contributed by atoms with E-state index in [1.807, 2.05) is 17.5 Å². The summed E-state index contributed by atoms with van der Waals surface area (Å²) >= 11 is 1.51. The maximum absolute atomic E-state index is 12.3. The summed E-state index contributed by atoms with van der Waals surface area (Å²) in [6.45, 7) is 2.11. The number of oxazole rings is 1. The minimum absolute atomic E-state index is 0.0134. The van der Waals surface area contributed by atoms with Gasteiger partial charge >= 0.3 is 5.97 Å². The fourth-order valence-corrected chi connectivity index (χ4v) is 3.68. The number of rotatable bonds is 5. The van der Waals surface area contributed by atoms with E-state index in [0.717, 1.165) is 17.7 Å². The van der Waals surface area contributed by atoms with Crippen molar-refractivity contribution in [3.05, 3.63) is 29.5 Å². The molecule has 1 saturated carbocycles. The first-order valence-corrected chi connectivity index (χ1v) is 8.89. The van der Waals surface area contributed by atoms with Gasteiger partial charge in [-0.15, -0.1) is 11.3 Å². The van der Waals surface area contributed by atoms with Crippen molar-refractivity contribution in [2.45, 2.75) is 44.6 Å². The Labute approximate surface area is 143 Å². The number of aliphatic carboxylic acids is 1. The number of thiophene rings is 1. The van der Waals surface area contributed by atoms with Gasteiger partial charge < -0.3 is 14.8 Å². The molecule has 0 radical (unpaired) electrons. The molecule has 0 aromatic carbocycles. The first-order valence-electron chi connectivity index (χ1n) is 8.01. The van der Waals surface area contributed by atoms with Crippen LogP contribution in [0.3, 0.4) is 0 Å². The van der Waals surface area contributed by atoms with E-state index in [4.69, 9.17) is 4.42 Å². The van der Waals surface area contributed by atoms with Gasteiger partial charge in [-0.3, -0.25) is 4.79 Å². The molecule has 2 N–H and O–H groups in total. The predicted octanol–water partition coefficient (Wildman–Crippen LogP) is 3.10. The summed E-state index contributed by atoms with van der Waals surface area (Å²) in [4.78, 5) is 29.2. The number of carbonyl (C=O) groups excluding carboxylic acids is 1. The largest absolute Gasteiger partial charge is 0.480 e. The van der Waals surface area contributed by atoms with Crippen LogP contribution in [0.15, 0.2) is 28.2 Å². The molecule has 2 aromatic rings. The van der Waals surface area contributed by atoms with Crippen LogP contribution in [0.4, 0.5) is 0 Å². The number of nitrogens with zero attached hydrogens (tertiary/aromatic N) is 1. The van der Waals surface area contributed by atoms with E-state index in [1.165, 1.54) is 17.6 Å². The number of hydrogen-bond acceptors (Lipinski definition) is 5. The van der Waals surface area contributed by atoms with Crippen molar-refractivity contribution in [2.24, 2.45) is 5.92 Å². The van der Waals surface area contributed by atoms with Crippen LogP contribution in [-0.2, 0) is 16.0 Å². The second-order valence-corrected chi connectivity index (χ2v) is 7.36. The highest BCUT2D eigenvalue weighted by Gasteiger charge is 2.42. The molecule has 2 heterocycles. The molecule has 24 heavy (non-hydrogen) atoms. The summed E-state index contributed by atoms with van der Waals surface area (Å²) in [5.74, 6) is -0.314. The Morgan fingerprint density at radius 1 is 1.46 bits per heavy atom. The van der Waals surface area contributed by atoms with Gasteiger partial charge in [0.25, 0.3) is 0 Å². The lowest BCUT2D eigenvalue weighted by Crippen LogP contribution is -2.56. The molecule has 0 saturated heterocycles. The molecular weight excluding hydrogens is 328 g/mol. The maximum atomic E-state index is 12.3. The van der Waals surface area contributed by atoms with Crippen molar-refractivity contribution in [1.82, 2.24) is 10.3 Å². The Morgan fingerprint density at radius 3 is 2.83 bits per heavy atom. The van der Waals surface area contributed by atoms with Crippen LogP contribution in [-0.4, -0.2) is 27.5 Å². The molecule has 1 aliphatic carbocycles. The van der Waals surface area contributed by atoms with Crippen LogP contribution in [0.25, 0.3) is 10.8 Å². The van der Waals surface area contributed by atoms with E-state index >= 15 is 0 Å². The topological polar surface area (TPSA) is 92.4 Å². The highest BCUT2D eigenvalue weighted by Crippen LogP contribution is 2.32. The number of hydrogen-bond donors (Lipinski definition) is 2. The van der Waals surface area contributed by atoms with E-state index in [1.54, 1.807) is 0 Å². The molecule has 0 bridgehead atoms. The molecule has 0 unspecified atom stereocenters. The normalized spacial score (nSPS) is 23.8. The summed E-state index contributed by atoms with van der Waals surface area (Å²) in [5, 5.41) is 14.2. The number of amides is 1. The van der Waals surface area contributed by atoms with Gasteiger partial charge in [0.15, 0.2) is 0 Å². The fourth-order valence-electron chi connectivity index (χ4n) is 3.02. The molecule has 0 atom stereocenters. The molecule has 1 aliphatic rings. The Kier molecular flexibility index (Phi) is 4.71. The lowest BCUT2D eigenvalue weighted by atomic mass is 9.77. The smallest absolute Gasteiger partial charge is 0.329 e. The lowest BCUT2D eigenvalue weighted by molar-refractivity contribution is -0.149. The Hall–Kier alpha value is -2.15. The molecule has 2 aromatic heterocycles. The molecule has 1 fully saturated rings. The van der Waals surface area contributed by atoms with Crippen LogP contribution < -0.4 is 5.32 Å². The van der Waals surface area contributed by atoms with Crippen LogP contribution in [0.5, 0.6) is 0 Å². The Morgan fingerprint density at radius 2 is 2.21 bits per heavy atom. The van der Waals surface area contributed by atoms with E-state index in [2.05, 4.69) is 17.2 Å². The minimum atomic E-state index is -1.15. The first-order chi connectivity index (χ1) is 11.5. The molecule has 1 amide bonds. The fraction of sp³-hybridized carbons (Fsp3) is 0.471. The quantitative estimate of drug-likeness (QED) is 0.866. The molecule has 0 spiro atoms. The summed E-state index contributed by atoms with van der Waals surface area (Å²) in [7, 11) is 0. The van der Waals surface area contributed by atoms with Gasteiger partial charge in [-0.2, -0.15) is 0 Å². The van der Waals surface area contributed by atoms with Gasteiger partial charge in [0, 0.05) is 0 Å². The van der Waals surface area contributed by atoms with Gasteiger partial charge in [0.05, 0.1) is 17.0 Å². The summed E-state index contributed by atoms with van der Waals surface area (Å²) in [6.07, 6.45) is 4.01. The average molecular weight is 348 g/mol. The standard InChI is InChI=1S/C17H20N2O4S/c1-11-4-6-17(7-5-11,16(21)22)19-14(20)9-12-10-23-15(18-12)13-3-2-8-24-13/h2-3,8,10-11H,4-7,9H2,1H3,(H,19,20)(H,21,22). The van der Waals surface area contributed by atoms with E-state index in [9.17, 15) is 14.7 Å². The van der Waals surface area contributed by atoms with Crippen LogP contribution in [0.2, 0.25) is 0 Å². The van der Waals surface area contributed by atoms with E-state index < -0.39 is 11.5 Å². The molecule has 0 aliphatic heterocycles. The van der Waals surface area contributed by atoms with Gasteiger partial charge in [0.2, 0.25) is 11.8 Å². The van der Waals surface area contributed by atoms with Crippen molar-refractivity contribution in [2.75, 3.05) is 0 Å². The second-order valence-electron chi connectivity index (χ2n) is 6.42. The number of aromatic nitrogens is 1. The highest BCUT2D eigenvalue weighted by atomic mass is 32.1. The zero-order valence-electron chi connectivity index (χ0n) is 13.4. The summed E-state index contributed by atoms with van der Waals surface area (Å²) < 4.78 is 5.39. The third-order valence-electron chi connectivity index (χ3n) is 4.54. The molecule has 128 valence electrons. The minimum Gasteiger partial charge on any atom is -0.480 e. The zero-order valence-corrected chi connectivity index (χ0v) is 14.3. The van der Waals surface area contributed by atoms with Gasteiger partial charge in [-0.05, 0) is 43.0 Å². The third kappa shape index (κ3) is 3.51. The van der Waals surface area contributed by atoms with Crippen LogP contribution in [0.1, 0.15) is 38.3 Å². The maximum Gasteiger partial charge on any atom is 0.329 e. The third-order valence-corrected chi connectivity index (χ3v) is 5.40. The lowest BCUT2D eigenvalue weighted by Gasteiger charge is -2.36. The average Bonchev–Trinajstić information content (AvgIpc) is 3.20. The van der Waals surface area contributed by atoms with Crippen molar-refractivity contribution in [3.63, 3.8) is 0 Å². The van der Waals surface area contributed by atoms with Gasteiger partial charge in [-0.1, -0.05) is 13.0 Å². The number of nitrogens with one attached hydrogen (secondary N) is 1. The zero-order chi connectivity index (χ0) is 17.2. The van der Waals surface area contributed by atoms with Gasteiger partial charge in [-0.25, -0.2) is 9.78 Å². The van der Waals surface area contributed by atoms with Crippen molar-refractivity contribution in [3.8, 4) is 10.8 Å². The highest BCUT2D eigenvalue weighted by molar-refractivity contribution is 7.13. The van der Waals surface area contributed by atoms with Crippen molar-refractivity contribution in [1.29, 1.82) is 0 Å². The SMILES string of the molecule is CC1CCC(NC(=O)Cc2coc(-c3cccs3)n2)(C(=O)O)CC1. The van der Waals surface area contributed by atoms with Crippen LogP contribution >= 0.6 is 11.3 Å². The summed E-state index contributed by atoms with van der Waals surface area (Å²) in [5.41, 5.74) is -0.648. The first kappa shape index (κ1) is 16.7. The number of carboxylic acid groups (broad SMARTS) is 1. The number of carboxylic acids is 1. The monoisotopic (exact) mass is 348 g/mol. The van der Waals surface area contributed by atoms with Crippen molar-refractivity contribution >= 4 is 23.2 Å². The molecule has 7 heteroatoms. The number of carbonyl (C=O) groups is 2. The second kappa shape index (κ2) is 6.76. The Bertz CT molecular complexity index is 715.